The lowest BCUT2D eigenvalue weighted by atomic mass is 9.67. The van der Waals surface area contributed by atoms with Crippen molar-refractivity contribution >= 4 is 36.5 Å². The summed E-state index contributed by atoms with van der Waals surface area (Å²) in [6.07, 6.45) is 6.33. The van der Waals surface area contributed by atoms with Crippen molar-refractivity contribution in [3.05, 3.63) is 23.9 Å². The van der Waals surface area contributed by atoms with E-state index < -0.39 is 0 Å². The first-order chi connectivity index (χ1) is 9.21. The first-order valence-corrected chi connectivity index (χ1v) is 7.15. The number of fused-ring (bicyclic) bond motifs is 1. The molecule has 3 rings (SSSR count). The highest BCUT2D eigenvalue weighted by Gasteiger charge is 2.49. The predicted octanol–water partition coefficient (Wildman–Crippen LogP) is 2.95. The molecule has 4 nitrogen and oxygen atoms in total. The number of nitrogens with one attached hydrogen (secondary N) is 2. The summed E-state index contributed by atoms with van der Waals surface area (Å²) in [6.45, 7) is 3.81. The molecule has 1 saturated carbocycles. The van der Waals surface area contributed by atoms with Crippen molar-refractivity contribution in [3.8, 4) is 0 Å². The molecule has 21 heavy (non-hydrogen) atoms. The molecule has 0 spiro atoms. The molecule has 0 aromatic carbocycles. The summed E-state index contributed by atoms with van der Waals surface area (Å²) < 4.78 is 0. The third kappa shape index (κ3) is 3.50. The average molecular weight is 332 g/mol. The second-order valence-electron chi connectivity index (χ2n) is 5.90. The molecule has 0 bridgehead atoms. The quantitative estimate of drug-likeness (QED) is 0.875. The number of rotatable bonds is 2. The van der Waals surface area contributed by atoms with Gasteiger partial charge in [0.1, 0.15) is 5.82 Å². The zero-order chi connectivity index (χ0) is 13.3. The van der Waals surface area contributed by atoms with E-state index in [2.05, 4.69) is 15.6 Å². The van der Waals surface area contributed by atoms with Crippen LogP contribution in [0.25, 0.3) is 0 Å². The predicted molar refractivity (Wildman–Crippen MR) is 89.4 cm³/mol. The number of carbonyl (C=O) groups is 1. The normalized spacial score (nSPS) is 27.0. The fourth-order valence-corrected chi connectivity index (χ4v) is 3.54. The smallest absolute Gasteiger partial charge is 0.233 e. The van der Waals surface area contributed by atoms with E-state index in [9.17, 15) is 4.79 Å². The van der Waals surface area contributed by atoms with Gasteiger partial charge in [0.15, 0.2) is 0 Å². The molecule has 2 fully saturated rings. The minimum atomic E-state index is -0.205. The van der Waals surface area contributed by atoms with E-state index in [1.165, 1.54) is 12.8 Å². The molecule has 0 radical (unpaired) electrons. The van der Waals surface area contributed by atoms with Crippen molar-refractivity contribution in [2.45, 2.75) is 32.6 Å². The maximum absolute atomic E-state index is 12.7. The van der Waals surface area contributed by atoms with Crippen LogP contribution in [0.15, 0.2) is 18.3 Å². The van der Waals surface area contributed by atoms with Crippen molar-refractivity contribution < 1.29 is 4.79 Å². The highest BCUT2D eigenvalue weighted by atomic mass is 35.5. The topological polar surface area (TPSA) is 54.0 Å². The Morgan fingerprint density at radius 3 is 3.00 bits per heavy atom. The Balaban J connectivity index is 0.00000110. The van der Waals surface area contributed by atoms with Crippen molar-refractivity contribution in [2.24, 2.45) is 11.3 Å². The van der Waals surface area contributed by atoms with Crippen LogP contribution in [0.3, 0.4) is 0 Å². The maximum atomic E-state index is 12.7. The first-order valence-electron chi connectivity index (χ1n) is 7.15. The van der Waals surface area contributed by atoms with Crippen LogP contribution in [0.4, 0.5) is 5.82 Å². The van der Waals surface area contributed by atoms with Gasteiger partial charge in [-0.25, -0.2) is 4.98 Å². The molecule has 2 atom stereocenters. The molecular weight excluding hydrogens is 309 g/mol. The Morgan fingerprint density at radius 2 is 2.24 bits per heavy atom. The summed E-state index contributed by atoms with van der Waals surface area (Å²) in [5.74, 6) is 1.32. The molecule has 0 unspecified atom stereocenters. The minimum Gasteiger partial charge on any atom is -0.315 e. The van der Waals surface area contributed by atoms with E-state index in [4.69, 9.17) is 0 Å². The Hall–Kier alpha value is -0.840. The molecule has 118 valence electrons. The third-order valence-electron chi connectivity index (χ3n) is 4.65. The van der Waals surface area contributed by atoms with Gasteiger partial charge in [0.2, 0.25) is 5.91 Å². The number of nitrogens with zero attached hydrogens (tertiary/aromatic N) is 1. The Labute approximate surface area is 138 Å². The first kappa shape index (κ1) is 18.2. The number of anilines is 1. The van der Waals surface area contributed by atoms with E-state index >= 15 is 0 Å². The number of aromatic nitrogens is 1. The van der Waals surface area contributed by atoms with Crippen LogP contribution in [-0.4, -0.2) is 24.0 Å². The lowest BCUT2D eigenvalue weighted by Crippen LogP contribution is -2.44. The molecule has 6 heteroatoms. The molecule has 2 N–H and O–H groups in total. The number of amides is 1. The van der Waals surface area contributed by atoms with E-state index in [0.29, 0.717) is 11.7 Å². The fraction of sp³-hybridized carbons (Fsp3) is 0.600. The molecule has 2 heterocycles. The molecule has 1 aliphatic heterocycles. The van der Waals surface area contributed by atoms with Gasteiger partial charge in [0.25, 0.3) is 0 Å². The Morgan fingerprint density at radius 1 is 1.43 bits per heavy atom. The van der Waals surface area contributed by atoms with Gasteiger partial charge >= 0.3 is 0 Å². The second kappa shape index (κ2) is 7.43. The second-order valence-corrected chi connectivity index (χ2v) is 5.90. The molecule has 1 amide bonds. The monoisotopic (exact) mass is 331 g/mol. The highest BCUT2D eigenvalue weighted by molar-refractivity contribution is 5.95. The minimum absolute atomic E-state index is 0. The summed E-state index contributed by atoms with van der Waals surface area (Å²) >= 11 is 0. The van der Waals surface area contributed by atoms with E-state index in [1.807, 2.05) is 19.1 Å². The van der Waals surface area contributed by atoms with Crippen molar-refractivity contribution in [1.82, 2.24) is 10.3 Å². The van der Waals surface area contributed by atoms with Crippen LogP contribution in [0.2, 0.25) is 0 Å². The number of pyridine rings is 1. The summed E-state index contributed by atoms with van der Waals surface area (Å²) in [6, 6.07) is 3.86. The number of halogens is 2. The fourth-order valence-electron chi connectivity index (χ4n) is 3.54. The largest absolute Gasteiger partial charge is 0.315 e. The molecule has 1 aromatic rings. The number of hydrogen-bond acceptors (Lipinski definition) is 3. The average Bonchev–Trinajstić information content (AvgIpc) is 2.83. The van der Waals surface area contributed by atoms with Crippen LogP contribution in [0.5, 0.6) is 0 Å². The summed E-state index contributed by atoms with van der Waals surface area (Å²) in [5, 5.41) is 6.43. The SMILES string of the molecule is Cc1ccnc(NC(=O)[C@@]23CCCC[C@H]2CNC3)c1.Cl.Cl. The van der Waals surface area contributed by atoms with E-state index in [1.54, 1.807) is 6.20 Å². The zero-order valence-electron chi connectivity index (χ0n) is 12.2. The van der Waals surface area contributed by atoms with Crippen molar-refractivity contribution in [1.29, 1.82) is 0 Å². The van der Waals surface area contributed by atoms with Gasteiger partial charge in [-0.05, 0) is 49.9 Å². The lowest BCUT2D eigenvalue weighted by Gasteiger charge is -2.36. The highest BCUT2D eigenvalue weighted by Crippen LogP contribution is 2.44. The van der Waals surface area contributed by atoms with E-state index in [0.717, 1.165) is 31.5 Å². The van der Waals surface area contributed by atoms with Gasteiger partial charge in [-0.3, -0.25) is 4.79 Å². The lowest BCUT2D eigenvalue weighted by molar-refractivity contribution is -0.128. The summed E-state index contributed by atoms with van der Waals surface area (Å²) in [7, 11) is 0. The van der Waals surface area contributed by atoms with Crippen LogP contribution < -0.4 is 10.6 Å². The van der Waals surface area contributed by atoms with Crippen LogP contribution in [0, 0.1) is 18.3 Å². The van der Waals surface area contributed by atoms with Crippen LogP contribution in [-0.2, 0) is 4.79 Å². The molecular formula is C15H23Cl2N3O. The van der Waals surface area contributed by atoms with Crippen molar-refractivity contribution in [2.75, 3.05) is 18.4 Å². The molecule has 1 saturated heterocycles. The standard InChI is InChI=1S/C15H21N3O.2ClH/c1-11-5-7-17-13(8-11)18-14(19)15-6-3-2-4-12(15)9-16-10-15;;/h5,7-8,12,16H,2-4,6,9-10H2,1H3,(H,17,18,19);2*1H/t12-,15+;;/m0../s1. The third-order valence-corrected chi connectivity index (χ3v) is 4.65. The van der Waals surface area contributed by atoms with Gasteiger partial charge in [-0.15, -0.1) is 24.8 Å². The molecule has 1 aliphatic carbocycles. The van der Waals surface area contributed by atoms with Gasteiger partial charge in [-0.2, -0.15) is 0 Å². The maximum Gasteiger partial charge on any atom is 0.233 e. The zero-order valence-corrected chi connectivity index (χ0v) is 13.9. The Bertz CT molecular complexity index is 498. The van der Waals surface area contributed by atoms with Crippen LogP contribution >= 0.6 is 24.8 Å². The Kier molecular flexibility index (Phi) is 6.44. The van der Waals surface area contributed by atoms with Gasteiger partial charge in [-0.1, -0.05) is 12.8 Å². The van der Waals surface area contributed by atoms with Gasteiger partial charge in [0.05, 0.1) is 5.41 Å². The van der Waals surface area contributed by atoms with Gasteiger partial charge in [0, 0.05) is 12.7 Å². The van der Waals surface area contributed by atoms with Gasteiger partial charge < -0.3 is 10.6 Å². The molecule has 2 aliphatic rings. The summed E-state index contributed by atoms with van der Waals surface area (Å²) in [4.78, 5) is 16.9. The number of carbonyl (C=O) groups excluding carboxylic acids is 1. The van der Waals surface area contributed by atoms with E-state index in [-0.39, 0.29) is 36.1 Å². The molecule has 1 aromatic heterocycles. The van der Waals surface area contributed by atoms with Crippen LogP contribution in [0.1, 0.15) is 31.2 Å². The number of hydrogen-bond donors (Lipinski definition) is 2. The number of aryl methyl sites for hydroxylation is 1. The summed E-state index contributed by atoms with van der Waals surface area (Å²) in [5.41, 5.74) is 0.913. The van der Waals surface area contributed by atoms with Crippen molar-refractivity contribution in [3.63, 3.8) is 0 Å².